The monoisotopic (exact) mass is 268 g/mol. The zero-order valence-corrected chi connectivity index (χ0v) is 11.3. The van der Waals surface area contributed by atoms with Gasteiger partial charge in [-0.25, -0.2) is 4.98 Å². The normalized spacial score (nSPS) is 11.9. The van der Waals surface area contributed by atoms with Gasteiger partial charge in [-0.2, -0.15) is 0 Å². The van der Waals surface area contributed by atoms with Crippen molar-refractivity contribution in [2.75, 3.05) is 25.6 Å². The summed E-state index contributed by atoms with van der Waals surface area (Å²) in [5.41, 5.74) is 0.844. The average Bonchev–Trinajstić information content (AvgIpc) is 2.39. The molecule has 0 amide bonds. The molecule has 0 aromatic carbocycles. The number of anilines is 1. The van der Waals surface area contributed by atoms with Gasteiger partial charge in [-0.3, -0.25) is 4.79 Å². The standard InChI is InChI=1S/C13H20N2O4/c1-10(3-6-13(16)17)15-11-4-5-12(14-9-11)19-8-7-18-2/h4-5,9-10,15H,3,6-8H2,1-2H3,(H,16,17). The van der Waals surface area contributed by atoms with Crippen LogP contribution in [0, 0.1) is 0 Å². The Kier molecular flexibility index (Phi) is 6.67. The van der Waals surface area contributed by atoms with Gasteiger partial charge in [0.15, 0.2) is 0 Å². The van der Waals surface area contributed by atoms with E-state index >= 15 is 0 Å². The van der Waals surface area contributed by atoms with E-state index in [1.54, 1.807) is 19.4 Å². The number of carboxylic acids is 1. The summed E-state index contributed by atoms with van der Waals surface area (Å²) < 4.78 is 10.2. The van der Waals surface area contributed by atoms with Crippen LogP contribution in [0.4, 0.5) is 5.69 Å². The van der Waals surface area contributed by atoms with E-state index in [0.717, 1.165) is 5.69 Å². The molecule has 0 radical (unpaired) electrons. The Balaban J connectivity index is 2.36. The number of pyridine rings is 1. The van der Waals surface area contributed by atoms with Gasteiger partial charge in [-0.05, 0) is 19.4 Å². The van der Waals surface area contributed by atoms with Gasteiger partial charge in [0.25, 0.3) is 0 Å². The number of hydrogen-bond donors (Lipinski definition) is 2. The Morgan fingerprint density at radius 2 is 2.26 bits per heavy atom. The van der Waals surface area contributed by atoms with Crippen molar-refractivity contribution in [1.29, 1.82) is 0 Å². The summed E-state index contributed by atoms with van der Waals surface area (Å²) in [7, 11) is 1.61. The number of aromatic nitrogens is 1. The first-order chi connectivity index (χ1) is 9.11. The first-order valence-corrected chi connectivity index (χ1v) is 6.18. The summed E-state index contributed by atoms with van der Waals surface area (Å²) in [4.78, 5) is 14.6. The third-order valence-electron chi connectivity index (χ3n) is 2.48. The molecule has 0 saturated heterocycles. The molecule has 1 atom stereocenters. The molecule has 106 valence electrons. The molecule has 0 bridgehead atoms. The van der Waals surface area contributed by atoms with Crippen LogP contribution in [-0.4, -0.2) is 42.4 Å². The van der Waals surface area contributed by atoms with Crippen molar-refractivity contribution in [3.63, 3.8) is 0 Å². The number of methoxy groups -OCH3 is 1. The lowest BCUT2D eigenvalue weighted by Crippen LogP contribution is -2.16. The first kappa shape index (κ1) is 15.2. The van der Waals surface area contributed by atoms with E-state index in [2.05, 4.69) is 10.3 Å². The van der Waals surface area contributed by atoms with E-state index in [4.69, 9.17) is 14.6 Å². The van der Waals surface area contributed by atoms with Crippen LogP contribution in [-0.2, 0) is 9.53 Å². The van der Waals surface area contributed by atoms with E-state index in [0.29, 0.717) is 25.5 Å². The third-order valence-corrected chi connectivity index (χ3v) is 2.48. The quantitative estimate of drug-likeness (QED) is 0.664. The molecule has 0 saturated carbocycles. The second-order valence-electron chi connectivity index (χ2n) is 4.20. The second-order valence-corrected chi connectivity index (χ2v) is 4.20. The average molecular weight is 268 g/mol. The van der Waals surface area contributed by atoms with Gasteiger partial charge in [-0.15, -0.1) is 0 Å². The van der Waals surface area contributed by atoms with Crippen molar-refractivity contribution in [2.45, 2.75) is 25.8 Å². The molecule has 1 aromatic rings. The minimum absolute atomic E-state index is 0.0816. The molecule has 1 aromatic heterocycles. The lowest BCUT2D eigenvalue weighted by Gasteiger charge is -2.14. The maximum atomic E-state index is 10.5. The molecule has 0 aliphatic rings. The van der Waals surface area contributed by atoms with Gasteiger partial charge in [0, 0.05) is 25.6 Å². The maximum Gasteiger partial charge on any atom is 0.303 e. The molecule has 2 N–H and O–H groups in total. The number of aliphatic carboxylic acids is 1. The summed E-state index contributed by atoms with van der Waals surface area (Å²) in [5, 5.41) is 11.8. The minimum Gasteiger partial charge on any atom is -0.481 e. The topological polar surface area (TPSA) is 80.7 Å². The predicted octanol–water partition coefficient (Wildman–Crippen LogP) is 1.77. The highest BCUT2D eigenvalue weighted by Gasteiger charge is 2.05. The number of rotatable bonds is 9. The van der Waals surface area contributed by atoms with Gasteiger partial charge in [0.2, 0.25) is 5.88 Å². The van der Waals surface area contributed by atoms with Gasteiger partial charge >= 0.3 is 5.97 Å². The molecular weight excluding hydrogens is 248 g/mol. The molecule has 0 aliphatic heterocycles. The van der Waals surface area contributed by atoms with E-state index < -0.39 is 5.97 Å². The van der Waals surface area contributed by atoms with Crippen LogP contribution in [0.5, 0.6) is 5.88 Å². The Bertz CT molecular complexity index is 381. The fraction of sp³-hybridized carbons (Fsp3) is 0.538. The number of ether oxygens (including phenoxy) is 2. The van der Waals surface area contributed by atoms with Gasteiger partial charge in [-0.1, -0.05) is 0 Å². The summed E-state index contributed by atoms with van der Waals surface area (Å²) >= 11 is 0. The van der Waals surface area contributed by atoms with Crippen molar-refractivity contribution in [3.05, 3.63) is 18.3 Å². The van der Waals surface area contributed by atoms with Crippen molar-refractivity contribution in [3.8, 4) is 5.88 Å². The SMILES string of the molecule is COCCOc1ccc(NC(C)CCC(=O)O)cn1. The number of nitrogens with zero attached hydrogens (tertiary/aromatic N) is 1. The summed E-state index contributed by atoms with van der Waals surface area (Å²) in [6.07, 6.45) is 2.39. The molecule has 1 unspecified atom stereocenters. The van der Waals surface area contributed by atoms with Gasteiger partial charge < -0.3 is 19.9 Å². The van der Waals surface area contributed by atoms with E-state index in [9.17, 15) is 4.79 Å². The van der Waals surface area contributed by atoms with E-state index in [1.807, 2.05) is 13.0 Å². The number of carbonyl (C=O) groups is 1. The summed E-state index contributed by atoms with van der Waals surface area (Å²) in [6.45, 7) is 2.92. The van der Waals surface area contributed by atoms with E-state index in [1.165, 1.54) is 0 Å². The lowest BCUT2D eigenvalue weighted by atomic mass is 10.2. The molecule has 1 heterocycles. The minimum atomic E-state index is -0.784. The van der Waals surface area contributed by atoms with Crippen molar-refractivity contribution < 1.29 is 19.4 Å². The van der Waals surface area contributed by atoms with Crippen LogP contribution in [0.15, 0.2) is 18.3 Å². The summed E-state index contributed by atoms with van der Waals surface area (Å²) in [5.74, 6) is -0.241. The second kappa shape index (κ2) is 8.31. The van der Waals surface area contributed by atoms with Crippen LogP contribution in [0.3, 0.4) is 0 Å². The highest BCUT2D eigenvalue weighted by Crippen LogP contribution is 2.13. The molecule has 1 rings (SSSR count). The molecular formula is C13H20N2O4. The third kappa shape index (κ3) is 6.61. The van der Waals surface area contributed by atoms with Crippen LogP contribution < -0.4 is 10.1 Å². The Morgan fingerprint density at radius 1 is 1.47 bits per heavy atom. The zero-order valence-electron chi connectivity index (χ0n) is 11.3. The Labute approximate surface area is 112 Å². The van der Waals surface area contributed by atoms with E-state index in [-0.39, 0.29) is 12.5 Å². The highest BCUT2D eigenvalue weighted by molar-refractivity contribution is 5.66. The van der Waals surface area contributed by atoms with Gasteiger partial charge in [0.1, 0.15) is 6.61 Å². The Morgan fingerprint density at radius 3 is 2.84 bits per heavy atom. The van der Waals surface area contributed by atoms with Crippen molar-refractivity contribution in [1.82, 2.24) is 4.98 Å². The molecule has 6 heteroatoms. The fourth-order valence-electron chi connectivity index (χ4n) is 1.48. The molecule has 0 fully saturated rings. The zero-order chi connectivity index (χ0) is 14.1. The number of carboxylic acid groups (broad SMARTS) is 1. The molecule has 0 aliphatic carbocycles. The lowest BCUT2D eigenvalue weighted by molar-refractivity contribution is -0.137. The number of hydrogen-bond acceptors (Lipinski definition) is 5. The number of nitrogens with one attached hydrogen (secondary N) is 1. The van der Waals surface area contributed by atoms with Crippen LogP contribution in [0.1, 0.15) is 19.8 Å². The predicted molar refractivity (Wildman–Crippen MR) is 71.6 cm³/mol. The van der Waals surface area contributed by atoms with Crippen molar-refractivity contribution >= 4 is 11.7 Å². The van der Waals surface area contributed by atoms with Crippen LogP contribution in [0.25, 0.3) is 0 Å². The largest absolute Gasteiger partial charge is 0.481 e. The molecule has 6 nitrogen and oxygen atoms in total. The molecule has 0 spiro atoms. The summed E-state index contributed by atoms with van der Waals surface area (Å²) in [6, 6.07) is 3.70. The maximum absolute atomic E-state index is 10.5. The molecule has 19 heavy (non-hydrogen) atoms. The highest BCUT2D eigenvalue weighted by atomic mass is 16.5. The Hall–Kier alpha value is -1.82. The first-order valence-electron chi connectivity index (χ1n) is 6.18. The van der Waals surface area contributed by atoms with Crippen molar-refractivity contribution in [2.24, 2.45) is 0 Å². The van der Waals surface area contributed by atoms with Gasteiger partial charge in [0.05, 0.1) is 18.5 Å². The fourth-order valence-corrected chi connectivity index (χ4v) is 1.48. The van der Waals surface area contributed by atoms with Crippen LogP contribution in [0.2, 0.25) is 0 Å². The van der Waals surface area contributed by atoms with Crippen LogP contribution >= 0.6 is 0 Å². The smallest absolute Gasteiger partial charge is 0.303 e.